The normalized spacial score (nSPS) is 11.3. The molecular weight excluding hydrogens is 2240 g/mol. The number of rotatable bonds is 14. The summed E-state index contributed by atoms with van der Waals surface area (Å²) >= 11 is 0. The molecule has 0 aliphatic carbocycles. The van der Waals surface area contributed by atoms with Crippen LogP contribution < -0.4 is 0 Å². The predicted octanol–water partition coefficient (Wildman–Crippen LogP) is 35.5. The van der Waals surface area contributed by atoms with E-state index >= 15 is 0 Å². The Morgan fingerprint density at radius 1 is 0.142 bits per heavy atom. The molecule has 0 spiro atoms. The van der Waals surface area contributed by atoms with Crippen LogP contribution in [0.25, 0.3) is 156 Å². The number of pyridine rings is 5. The summed E-state index contributed by atoms with van der Waals surface area (Å²) < 4.78 is 0. The van der Waals surface area contributed by atoms with Gasteiger partial charge in [0.05, 0.1) is 0 Å². The first-order valence-electron chi connectivity index (χ1n) is 47.8. The molecule has 141 heavy (non-hydrogen) atoms. The molecule has 19 rings (SSSR count). The zero-order valence-electron chi connectivity index (χ0n) is 84.2. The van der Waals surface area contributed by atoms with Gasteiger partial charge in [-0.3, -0.25) is 0 Å². The Labute approximate surface area is 880 Å². The molecule has 0 aliphatic rings. The van der Waals surface area contributed by atoms with Crippen LogP contribution in [0.3, 0.4) is 0 Å². The number of aromatic nitrogens is 5. The largest absolute Gasteiger partial charge is 0.305 e. The Bertz CT molecular complexity index is 6210. The fourth-order valence-electron chi connectivity index (χ4n) is 16.5. The van der Waals surface area contributed by atoms with E-state index < -0.39 is 0 Å². The topological polar surface area (TPSA) is 64.5 Å². The van der Waals surface area contributed by atoms with Crippen LogP contribution in [0.1, 0.15) is 158 Å². The minimum absolute atomic E-state index is 0. The summed E-state index contributed by atoms with van der Waals surface area (Å²) in [7, 11) is 0. The van der Waals surface area contributed by atoms with Gasteiger partial charge in [-0.1, -0.05) is 331 Å². The predicted molar refractivity (Wildman–Crippen MR) is 584 cm³/mol. The standard InChI is InChI=1S/3C37H36N.2C11H8N.3Ir/c3*1-36(2,3)33-17-13-26(14-18-33)30-23-31(27-15-19-34(20-16-27)37(4,5)6)25-32(24-30)28-10-9-11-29(22-28)35-12-7-8-21-38-35;2*1-2-6-10(7-3-1)11-8-4-5-9-12-11;;;/h3*7-10,12-25H,1-6H3;2*1-6,8-9H;;;/q5*-1;;;. The van der Waals surface area contributed by atoms with Gasteiger partial charge >= 0.3 is 0 Å². The molecule has 713 valence electrons. The molecule has 0 fully saturated rings. The molecule has 14 aromatic carbocycles. The summed E-state index contributed by atoms with van der Waals surface area (Å²) in [4.78, 5) is 22.1. The molecule has 0 aliphatic heterocycles. The number of hydrogen-bond donors (Lipinski definition) is 0. The fraction of sp³-hybridized carbons (Fsp3) is 0.180. The molecule has 0 atom stereocenters. The van der Waals surface area contributed by atoms with E-state index in [4.69, 9.17) is 0 Å². The van der Waals surface area contributed by atoms with Crippen molar-refractivity contribution in [2.24, 2.45) is 0 Å². The summed E-state index contributed by atoms with van der Waals surface area (Å²) in [6, 6.07) is 156. The van der Waals surface area contributed by atoms with Crippen molar-refractivity contribution in [1.29, 1.82) is 0 Å². The maximum atomic E-state index is 4.54. The van der Waals surface area contributed by atoms with Crippen molar-refractivity contribution < 1.29 is 60.3 Å². The van der Waals surface area contributed by atoms with E-state index in [0.29, 0.717) is 0 Å². The molecule has 0 amide bonds. The quantitative estimate of drug-likeness (QED) is 0.102. The first kappa shape index (κ1) is 107. The van der Waals surface area contributed by atoms with Crippen molar-refractivity contribution in [3.8, 4) is 156 Å². The first-order valence-corrected chi connectivity index (χ1v) is 47.8. The number of nitrogens with zero attached hydrogens (tertiary/aromatic N) is 5. The molecule has 0 saturated heterocycles. The minimum Gasteiger partial charge on any atom is -0.305 e. The van der Waals surface area contributed by atoms with E-state index in [-0.39, 0.29) is 92.8 Å². The van der Waals surface area contributed by atoms with Crippen molar-refractivity contribution in [1.82, 2.24) is 24.9 Å². The van der Waals surface area contributed by atoms with Crippen LogP contribution in [0.15, 0.2) is 425 Å². The number of hydrogen-bond acceptors (Lipinski definition) is 5. The van der Waals surface area contributed by atoms with Gasteiger partial charge in [-0.15, -0.1) is 178 Å². The third kappa shape index (κ3) is 29.0. The van der Waals surface area contributed by atoms with Crippen LogP contribution in [-0.4, -0.2) is 24.9 Å². The van der Waals surface area contributed by atoms with E-state index in [9.17, 15) is 0 Å². The van der Waals surface area contributed by atoms with Gasteiger partial charge in [0.25, 0.3) is 0 Å². The van der Waals surface area contributed by atoms with Gasteiger partial charge in [-0.05, 0) is 263 Å². The maximum Gasteiger partial charge on any atom is 0.0160 e. The third-order valence-electron chi connectivity index (χ3n) is 24.8. The zero-order valence-corrected chi connectivity index (χ0v) is 91.3. The van der Waals surface area contributed by atoms with E-state index in [1.807, 2.05) is 176 Å². The third-order valence-corrected chi connectivity index (χ3v) is 24.8. The average molecular weight is 2370 g/mol. The summed E-state index contributed by atoms with van der Waals surface area (Å²) in [6.45, 7) is 40.6. The van der Waals surface area contributed by atoms with Crippen LogP contribution in [0, 0.1) is 30.3 Å². The van der Waals surface area contributed by atoms with Crippen molar-refractivity contribution in [2.45, 2.75) is 157 Å². The van der Waals surface area contributed by atoms with Gasteiger partial charge in [0.15, 0.2) is 0 Å². The van der Waals surface area contributed by atoms with Gasteiger partial charge in [0.2, 0.25) is 0 Å². The molecule has 19 aromatic rings. The smallest absolute Gasteiger partial charge is 0.0160 e. The second kappa shape index (κ2) is 47.8. The second-order valence-electron chi connectivity index (χ2n) is 41.5. The van der Waals surface area contributed by atoms with Gasteiger partial charge in [0.1, 0.15) is 0 Å². The summed E-state index contributed by atoms with van der Waals surface area (Å²) in [5.41, 5.74) is 40.3. The molecule has 0 N–H and O–H groups in total. The van der Waals surface area contributed by atoms with Crippen molar-refractivity contribution in [3.05, 3.63) is 489 Å². The molecule has 5 nitrogen and oxygen atoms in total. The Morgan fingerprint density at radius 3 is 0.461 bits per heavy atom. The van der Waals surface area contributed by atoms with Crippen molar-refractivity contribution in [2.75, 3.05) is 0 Å². The molecule has 0 bridgehead atoms. The van der Waals surface area contributed by atoms with E-state index in [1.165, 1.54) is 117 Å². The van der Waals surface area contributed by atoms with Crippen LogP contribution in [0.2, 0.25) is 0 Å². The van der Waals surface area contributed by atoms with Gasteiger partial charge in [-0.25, -0.2) is 0 Å². The van der Waals surface area contributed by atoms with E-state index in [2.05, 4.69) is 416 Å². The first-order chi connectivity index (χ1) is 66.2. The molecule has 5 heterocycles. The number of benzene rings is 14. The minimum atomic E-state index is 0. The van der Waals surface area contributed by atoms with Crippen LogP contribution >= 0.6 is 0 Å². The Balaban J connectivity index is 0.000000167. The average Bonchev–Trinajstić information content (AvgIpc) is 0.793. The Kier molecular flexibility index (Phi) is 36.2. The van der Waals surface area contributed by atoms with Crippen molar-refractivity contribution in [3.63, 3.8) is 0 Å². The molecule has 0 unspecified atom stereocenters. The van der Waals surface area contributed by atoms with Gasteiger partial charge in [-0.2, -0.15) is 0 Å². The van der Waals surface area contributed by atoms with Crippen molar-refractivity contribution >= 4 is 0 Å². The molecular formula is C133H124Ir3N5-5. The summed E-state index contributed by atoms with van der Waals surface area (Å²) in [5, 5.41) is 0. The fourth-order valence-corrected chi connectivity index (χ4v) is 16.5. The Hall–Kier alpha value is -13.2. The van der Waals surface area contributed by atoms with Gasteiger partial charge < -0.3 is 24.9 Å². The molecule has 8 heteroatoms. The zero-order chi connectivity index (χ0) is 97.2. The van der Waals surface area contributed by atoms with Gasteiger partial charge in [0, 0.05) is 91.3 Å². The van der Waals surface area contributed by atoms with Crippen LogP contribution in [-0.2, 0) is 92.8 Å². The van der Waals surface area contributed by atoms with E-state index in [1.54, 1.807) is 12.4 Å². The monoisotopic (exact) mass is 2370 g/mol. The summed E-state index contributed by atoms with van der Waals surface area (Å²) in [5.74, 6) is 0. The molecule has 3 radical (unpaired) electrons. The molecule has 5 aromatic heterocycles. The van der Waals surface area contributed by atoms with Crippen LogP contribution in [0.5, 0.6) is 0 Å². The van der Waals surface area contributed by atoms with E-state index in [0.717, 1.165) is 73.0 Å². The Morgan fingerprint density at radius 2 is 0.305 bits per heavy atom. The summed E-state index contributed by atoms with van der Waals surface area (Å²) in [6.07, 6.45) is 9.07. The maximum absolute atomic E-state index is 4.54. The second-order valence-corrected chi connectivity index (χ2v) is 41.5. The van der Waals surface area contributed by atoms with Crippen LogP contribution in [0.4, 0.5) is 0 Å². The SMILES string of the molecule is CC(C)(C)c1ccc(-c2cc(-c3ccc(C(C)(C)C)cc3)cc(-c3cc[c-]c(-c4ccccn4)c3)c2)cc1.CC(C)(C)c1ccc(-c2cc(-c3ccc(C(C)(C)C)cc3)cc(-c3cc[c-]c(-c4ccccn4)c3)c2)cc1.CC(C)(C)c1ccc(-c2cc(-c3ccc(C(C)(C)C)cc3)cc(-c3cc[c-]c(-c4ccccn4)c3)c2)cc1.[Ir].[Ir].[Ir].[c-]1ccccc1-c1ccccn1.[c-]1ccccc1-c1ccccn1. The molecule has 0 saturated carbocycles.